The fourth-order valence-corrected chi connectivity index (χ4v) is 4.77. The second-order valence-corrected chi connectivity index (χ2v) is 9.03. The maximum Gasteiger partial charge on any atom is 0.278 e. The van der Waals surface area contributed by atoms with E-state index in [0.717, 1.165) is 45.1 Å². The summed E-state index contributed by atoms with van der Waals surface area (Å²) in [6.07, 6.45) is 8.20. The second kappa shape index (κ2) is 10.2. The number of hydrogen-bond donors (Lipinski definition) is 3. The van der Waals surface area contributed by atoms with Gasteiger partial charge in [-0.3, -0.25) is 4.79 Å². The van der Waals surface area contributed by atoms with Crippen molar-refractivity contribution in [3.8, 4) is 0 Å². The average Bonchev–Trinajstić information content (AvgIpc) is 2.72. The van der Waals surface area contributed by atoms with Crippen molar-refractivity contribution in [3.05, 3.63) is 42.0 Å². The van der Waals surface area contributed by atoms with Crippen LogP contribution in [0, 0.1) is 11.8 Å². The SMILES string of the molecule is C[C@@H]1[C@H](C)CCC[C@@H]1NC(=O)[C@@H](C)[NH+]1CC[NH+](C/C=C/c2ccccc2)CC1. The fourth-order valence-electron chi connectivity index (χ4n) is 4.77. The van der Waals surface area contributed by atoms with Gasteiger partial charge in [0.15, 0.2) is 6.04 Å². The molecule has 2 aliphatic rings. The summed E-state index contributed by atoms with van der Waals surface area (Å²) in [5.41, 5.74) is 1.27. The van der Waals surface area contributed by atoms with Gasteiger partial charge in [-0.15, -0.1) is 0 Å². The highest BCUT2D eigenvalue weighted by Crippen LogP contribution is 2.29. The average molecular weight is 386 g/mol. The smallest absolute Gasteiger partial charge is 0.278 e. The van der Waals surface area contributed by atoms with E-state index in [4.69, 9.17) is 0 Å². The molecule has 4 heteroatoms. The Morgan fingerprint density at radius 2 is 1.86 bits per heavy atom. The summed E-state index contributed by atoms with van der Waals surface area (Å²) >= 11 is 0. The Balaban J connectivity index is 1.41. The Hall–Kier alpha value is -1.65. The monoisotopic (exact) mass is 385 g/mol. The standard InChI is InChI=1S/C24H37N3O/c1-19-9-7-13-23(20(19)2)25-24(28)21(3)27-17-15-26(16-18-27)14-8-12-22-10-5-4-6-11-22/h4-6,8,10-12,19-21,23H,7,9,13-18H2,1-3H3,(H,25,28)/p+2/b12-8+/t19-,20-,21-,23+/m1/s1. The summed E-state index contributed by atoms with van der Waals surface area (Å²) in [4.78, 5) is 15.9. The van der Waals surface area contributed by atoms with E-state index in [1.165, 1.54) is 23.3 Å². The summed E-state index contributed by atoms with van der Waals surface area (Å²) in [5.74, 6) is 1.57. The van der Waals surface area contributed by atoms with Gasteiger partial charge in [0, 0.05) is 6.04 Å². The van der Waals surface area contributed by atoms with Crippen LogP contribution < -0.4 is 15.1 Å². The van der Waals surface area contributed by atoms with Crippen LogP contribution in [0.1, 0.15) is 45.6 Å². The minimum absolute atomic E-state index is 0.0610. The fraction of sp³-hybridized carbons (Fsp3) is 0.625. The van der Waals surface area contributed by atoms with Crippen molar-refractivity contribution in [1.82, 2.24) is 5.32 Å². The van der Waals surface area contributed by atoms with Crippen LogP contribution in [0.15, 0.2) is 36.4 Å². The van der Waals surface area contributed by atoms with Gasteiger partial charge in [0.1, 0.15) is 26.2 Å². The molecular formula is C24H39N3O+2. The van der Waals surface area contributed by atoms with Crippen LogP contribution in [0.25, 0.3) is 6.08 Å². The number of benzene rings is 1. The Bertz CT molecular complexity index is 637. The quantitative estimate of drug-likeness (QED) is 0.666. The number of carbonyl (C=O) groups is 1. The van der Waals surface area contributed by atoms with Gasteiger partial charge in [-0.2, -0.15) is 0 Å². The lowest BCUT2D eigenvalue weighted by molar-refractivity contribution is -1.02. The molecule has 3 rings (SSSR count). The highest BCUT2D eigenvalue weighted by Gasteiger charge is 2.34. The molecule has 1 aromatic rings. The third kappa shape index (κ3) is 5.68. The zero-order chi connectivity index (χ0) is 19.9. The number of rotatable bonds is 6. The molecule has 1 aliphatic carbocycles. The number of quaternary nitrogens is 2. The molecule has 1 saturated heterocycles. The Labute approximate surface area is 171 Å². The van der Waals surface area contributed by atoms with Crippen molar-refractivity contribution >= 4 is 12.0 Å². The van der Waals surface area contributed by atoms with Crippen molar-refractivity contribution < 1.29 is 14.6 Å². The first-order valence-corrected chi connectivity index (χ1v) is 11.2. The molecule has 0 aromatic heterocycles. The van der Waals surface area contributed by atoms with Crippen molar-refractivity contribution in [2.24, 2.45) is 11.8 Å². The van der Waals surface area contributed by atoms with Gasteiger partial charge in [0.25, 0.3) is 5.91 Å². The molecule has 4 atom stereocenters. The summed E-state index contributed by atoms with van der Waals surface area (Å²) < 4.78 is 0. The molecule has 0 spiro atoms. The second-order valence-electron chi connectivity index (χ2n) is 9.03. The predicted octanol–water partition coefficient (Wildman–Crippen LogP) is 0.813. The molecule has 2 fully saturated rings. The highest BCUT2D eigenvalue weighted by atomic mass is 16.2. The molecule has 4 nitrogen and oxygen atoms in total. The summed E-state index contributed by atoms with van der Waals surface area (Å²) in [6.45, 7) is 12.3. The molecular weight excluding hydrogens is 346 g/mol. The number of carbonyl (C=O) groups excluding carboxylic acids is 1. The zero-order valence-electron chi connectivity index (χ0n) is 17.9. The topological polar surface area (TPSA) is 38.0 Å². The van der Waals surface area contributed by atoms with E-state index in [-0.39, 0.29) is 11.9 Å². The van der Waals surface area contributed by atoms with Crippen LogP contribution in [0.2, 0.25) is 0 Å². The van der Waals surface area contributed by atoms with Gasteiger partial charge >= 0.3 is 0 Å². The van der Waals surface area contributed by atoms with Gasteiger partial charge in [0.2, 0.25) is 0 Å². The maximum atomic E-state index is 12.8. The summed E-state index contributed by atoms with van der Waals surface area (Å²) in [6, 6.07) is 10.9. The molecule has 1 aromatic carbocycles. The van der Waals surface area contributed by atoms with Crippen molar-refractivity contribution in [1.29, 1.82) is 0 Å². The van der Waals surface area contributed by atoms with Crippen LogP contribution in [0.4, 0.5) is 0 Å². The molecule has 1 heterocycles. The van der Waals surface area contributed by atoms with Crippen LogP contribution in [0.3, 0.4) is 0 Å². The van der Waals surface area contributed by atoms with E-state index in [9.17, 15) is 4.79 Å². The normalized spacial score (nSPS) is 32.2. The van der Waals surface area contributed by atoms with Crippen LogP contribution in [-0.4, -0.2) is 50.7 Å². The molecule has 1 aliphatic heterocycles. The number of nitrogens with one attached hydrogen (secondary N) is 3. The molecule has 0 unspecified atom stereocenters. The van der Waals surface area contributed by atoms with Gasteiger partial charge in [-0.1, -0.05) is 63.1 Å². The van der Waals surface area contributed by atoms with E-state index in [2.05, 4.69) is 68.6 Å². The van der Waals surface area contributed by atoms with E-state index in [1.54, 1.807) is 4.90 Å². The molecule has 28 heavy (non-hydrogen) atoms. The third-order valence-corrected chi connectivity index (χ3v) is 7.16. The van der Waals surface area contributed by atoms with Gasteiger partial charge in [-0.25, -0.2) is 0 Å². The van der Waals surface area contributed by atoms with Crippen molar-refractivity contribution in [2.45, 2.75) is 52.1 Å². The van der Waals surface area contributed by atoms with Gasteiger partial charge in [-0.05, 0) is 36.8 Å². The third-order valence-electron chi connectivity index (χ3n) is 7.16. The largest absolute Gasteiger partial charge is 0.348 e. The summed E-state index contributed by atoms with van der Waals surface area (Å²) in [5, 5.41) is 3.38. The van der Waals surface area contributed by atoms with Gasteiger partial charge in [0.05, 0.1) is 6.54 Å². The number of amides is 1. The van der Waals surface area contributed by atoms with Crippen LogP contribution >= 0.6 is 0 Å². The lowest BCUT2D eigenvalue weighted by Gasteiger charge is -2.36. The van der Waals surface area contributed by atoms with E-state index >= 15 is 0 Å². The first kappa shape index (κ1) is 21.1. The highest BCUT2D eigenvalue weighted by molar-refractivity contribution is 5.80. The molecule has 154 valence electrons. The lowest BCUT2D eigenvalue weighted by atomic mass is 9.78. The minimum atomic E-state index is 0.0610. The Morgan fingerprint density at radius 3 is 2.57 bits per heavy atom. The van der Waals surface area contributed by atoms with E-state index < -0.39 is 0 Å². The number of hydrogen-bond acceptors (Lipinski definition) is 1. The maximum absolute atomic E-state index is 12.8. The molecule has 3 N–H and O–H groups in total. The van der Waals surface area contributed by atoms with Crippen LogP contribution in [0.5, 0.6) is 0 Å². The van der Waals surface area contributed by atoms with E-state index in [1.807, 2.05) is 0 Å². The first-order valence-electron chi connectivity index (χ1n) is 11.2. The first-order chi connectivity index (χ1) is 13.5. The predicted molar refractivity (Wildman–Crippen MR) is 115 cm³/mol. The van der Waals surface area contributed by atoms with Gasteiger partial charge < -0.3 is 15.1 Å². The molecule has 1 amide bonds. The number of piperazine rings is 1. The van der Waals surface area contributed by atoms with Crippen molar-refractivity contribution in [2.75, 3.05) is 32.7 Å². The van der Waals surface area contributed by atoms with Crippen molar-refractivity contribution in [3.63, 3.8) is 0 Å². The zero-order valence-corrected chi connectivity index (χ0v) is 17.9. The molecule has 1 saturated carbocycles. The minimum Gasteiger partial charge on any atom is -0.348 e. The lowest BCUT2D eigenvalue weighted by Crippen LogP contribution is -3.30. The Morgan fingerprint density at radius 1 is 1.14 bits per heavy atom. The molecule has 0 bridgehead atoms. The Kier molecular flexibility index (Phi) is 7.69. The van der Waals surface area contributed by atoms with E-state index in [0.29, 0.717) is 12.0 Å². The van der Waals surface area contributed by atoms with Crippen LogP contribution in [-0.2, 0) is 4.79 Å². The summed E-state index contributed by atoms with van der Waals surface area (Å²) in [7, 11) is 0. The molecule has 0 radical (unpaired) electrons.